The summed E-state index contributed by atoms with van der Waals surface area (Å²) in [5, 5.41) is 2.99. The fraction of sp³-hybridized carbons (Fsp3) is 0.533. The molecule has 3 heterocycles. The molecule has 2 unspecified atom stereocenters. The fourth-order valence-electron chi connectivity index (χ4n) is 5.24. The summed E-state index contributed by atoms with van der Waals surface area (Å²) in [5.74, 6) is 0.806. The molecule has 216 valence electrons. The Morgan fingerprint density at radius 3 is 2.27 bits per heavy atom. The third-order valence-corrected chi connectivity index (χ3v) is 6.99. The summed E-state index contributed by atoms with van der Waals surface area (Å²) in [6, 6.07) is 9.58. The lowest BCUT2D eigenvalue weighted by atomic mass is 9.89. The third kappa shape index (κ3) is 6.84. The molecule has 1 aromatic heterocycles. The van der Waals surface area contributed by atoms with E-state index in [1.54, 1.807) is 16.7 Å². The van der Waals surface area contributed by atoms with Gasteiger partial charge in [-0.25, -0.2) is 14.6 Å². The topological polar surface area (TPSA) is 104 Å². The van der Waals surface area contributed by atoms with Crippen molar-refractivity contribution in [2.75, 3.05) is 36.0 Å². The number of ether oxygens (including phenoxy) is 2. The van der Waals surface area contributed by atoms with Gasteiger partial charge in [0.2, 0.25) is 5.91 Å². The number of nitrogens with zero attached hydrogens (tertiary/aromatic N) is 4. The van der Waals surface area contributed by atoms with Crippen molar-refractivity contribution in [2.45, 2.75) is 78.7 Å². The van der Waals surface area contributed by atoms with Crippen molar-refractivity contribution in [3.05, 3.63) is 42.1 Å². The van der Waals surface area contributed by atoms with Crippen LogP contribution in [0.25, 0.3) is 11.1 Å². The highest BCUT2D eigenvalue weighted by atomic mass is 16.6. The van der Waals surface area contributed by atoms with Crippen molar-refractivity contribution in [3.63, 3.8) is 0 Å². The summed E-state index contributed by atoms with van der Waals surface area (Å²) in [6.45, 7) is 15.2. The monoisotopic (exact) mass is 551 g/mol. The second kappa shape index (κ2) is 11.7. The number of amides is 3. The largest absolute Gasteiger partial charge is 0.447 e. The van der Waals surface area contributed by atoms with Gasteiger partial charge in [0.1, 0.15) is 11.4 Å². The summed E-state index contributed by atoms with van der Waals surface area (Å²) < 4.78 is 10.8. The predicted molar refractivity (Wildman–Crippen MR) is 154 cm³/mol. The number of nitrogens with one attached hydrogen (secondary N) is 1. The molecule has 4 rings (SSSR count). The average molecular weight is 552 g/mol. The Kier molecular flexibility index (Phi) is 8.56. The number of hydrogen-bond donors (Lipinski definition) is 1. The van der Waals surface area contributed by atoms with Crippen molar-refractivity contribution < 1.29 is 23.9 Å². The van der Waals surface area contributed by atoms with Crippen LogP contribution in [0.15, 0.2) is 36.5 Å². The second-order valence-electron chi connectivity index (χ2n) is 11.8. The fourth-order valence-corrected chi connectivity index (χ4v) is 5.24. The molecule has 2 aliphatic rings. The van der Waals surface area contributed by atoms with E-state index >= 15 is 0 Å². The molecule has 0 spiro atoms. The highest BCUT2D eigenvalue weighted by Gasteiger charge is 2.34. The van der Waals surface area contributed by atoms with E-state index in [-0.39, 0.29) is 30.2 Å². The van der Waals surface area contributed by atoms with Crippen molar-refractivity contribution in [1.29, 1.82) is 0 Å². The van der Waals surface area contributed by atoms with Gasteiger partial charge in [-0.1, -0.05) is 6.07 Å². The lowest BCUT2D eigenvalue weighted by Crippen LogP contribution is -2.50. The highest BCUT2D eigenvalue weighted by molar-refractivity contribution is 5.94. The van der Waals surface area contributed by atoms with E-state index in [1.165, 1.54) is 0 Å². The maximum Gasteiger partial charge on any atom is 0.410 e. The Morgan fingerprint density at radius 2 is 1.70 bits per heavy atom. The molecule has 3 amide bonds. The maximum atomic E-state index is 12.5. The van der Waals surface area contributed by atoms with Crippen LogP contribution in [0.2, 0.25) is 0 Å². The smallest absolute Gasteiger partial charge is 0.410 e. The van der Waals surface area contributed by atoms with Crippen LogP contribution in [0, 0.1) is 0 Å². The van der Waals surface area contributed by atoms with E-state index in [4.69, 9.17) is 14.5 Å². The lowest BCUT2D eigenvalue weighted by molar-refractivity contribution is -0.117. The van der Waals surface area contributed by atoms with E-state index in [9.17, 15) is 14.4 Å². The van der Waals surface area contributed by atoms with Crippen LogP contribution in [0.3, 0.4) is 0 Å². The molecule has 40 heavy (non-hydrogen) atoms. The molecule has 0 saturated carbocycles. The Balaban J connectivity index is 1.51. The lowest BCUT2D eigenvalue weighted by Gasteiger charge is -2.39. The minimum atomic E-state index is -0.516. The van der Waals surface area contributed by atoms with Gasteiger partial charge < -0.3 is 29.5 Å². The maximum absolute atomic E-state index is 12.5. The van der Waals surface area contributed by atoms with Crippen molar-refractivity contribution in [2.24, 2.45) is 0 Å². The Hall–Kier alpha value is -3.82. The van der Waals surface area contributed by atoms with Crippen LogP contribution in [0.1, 0.15) is 66.5 Å². The van der Waals surface area contributed by atoms with Crippen LogP contribution in [0.5, 0.6) is 0 Å². The van der Waals surface area contributed by atoms with E-state index < -0.39 is 11.7 Å². The van der Waals surface area contributed by atoms with Crippen LogP contribution in [0.4, 0.5) is 21.1 Å². The number of benzene rings is 1. The van der Waals surface area contributed by atoms with Gasteiger partial charge in [-0.2, -0.15) is 0 Å². The molecule has 1 fully saturated rings. The normalized spacial score (nSPS) is 19.2. The number of rotatable bonds is 4. The zero-order valence-electron chi connectivity index (χ0n) is 24.6. The molecule has 2 atom stereocenters. The molecule has 0 radical (unpaired) electrons. The number of piperazine rings is 1. The number of carbonyl (C=O) groups is 3. The van der Waals surface area contributed by atoms with Gasteiger partial charge in [-0.15, -0.1) is 0 Å². The molecule has 1 N–H and O–H groups in total. The molecular weight excluding hydrogens is 510 g/mol. The molecule has 2 aromatic rings. The first-order valence-electron chi connectivity index (χ1n) is 13.9. The Bertz CT molecular complexity index is 1230. The van der Waals surface area contributed by atoms with E-state index in [0.717, 1.165) is 28.2 Å². The van der Waals surface area contributed by atoms with Gasteiger partial charge in [0.05, 0.1) is 12.1 Å². The number of alkyl carbamates (subject to hydrolysis) is 1. The Morgan fingerprint density at radius 1 is 1.02 bits per heavy atom. The summed E-state index contributed by atoms with van der Waals surface area (Å²) in [5.41, 5.74) is 3.01. The van der Waals surface area contributed by atoms with Gasteiger partial charge in [0.25, 0.3) is 0 Å². The van der Waals surface area contributed by atoms with Crippen LogP contribution < -0.4 is 15.1 Å². The minimum absolute atomic E-state index is 0.0394. The third-order valence-electron chi connectivity index (χ3n) is 6.99. The predicted octanol–water partition coefficient (Wildman–Crippen LogP) is 5.13. The first kappa shape index (κ1) is 29.2. The van der Waals surface area contributed by atoms with Crippen molar-refractivity contribution in [3.8, 4) is 11.1 Å². The number of fused-ring (bicyclic) bond motifs is 1. The molecule has 0 aliphatic carbocycles. The first-order chi connectivity index (χ1) is 18.8. The number of anilines is 2. The number of hydrogen-bond acceptors (Lipinski definition) is 7. The summed E-state index contributed by atoms with van der Waals surface area (Å²) in [4.78, 5) is 47.7. The zero-order chi connectivity index (χ0) is 29.2. The summed E-state index contributed by atoms with van der Waals surface area (Å²) >= 11 is 0. The molecule has 1 saturated heterocycles. The average Bonchev–Trinajstić information content (AvgIpc) is 2.87. The Labute approximate surface area is 236 Å². The van der Waals surface area contributed by atoms with Crippen molar-refractivity contribution in [1.82, 2.24) is 15.2 Å². The SMILES string of the molecule is CC(=O)N1c2ccc(-c3ccc(N4CCN(C(=O)OC(C)(C)C)CC4)nc3)cc2C(NC(=O)OC(C)C)CC1C. The molecule has 2 aliphatic heterocycles. The summed E-state index contributed by atoms with van der Waals surface area (Å²) in [6.07, 6.45) is 1.42. The molecule has 10 heteroatoms. The molecule has 0 bridgehead atoms. The van der Waals surface area contributed by atoms with Crippen LogP contribution >= 0.6 is 0 Å². The molecule has 10 nitrogen and oxygen atoms in total. The number of aromatic nitrogens is 1. The van der Waals surface area contributed by atoms with Gasteiger partial charge >= 0.3 is 12.2 Å². The molecular formula is C30H41N5O5. The van der Waals surface area contributed by atoms with Crippen LogP contribution in [-0.2, 0) is 14.3 Å². The van der Waals surface area contributed by atoms with Gasteiger partial charge in [-0.05, 0) is 83.4 Å². The van der Waals surface area contributed by atoms with E-state index in [1.807, 2.05) is 78.1 Å². The summed E-state index contributed by atoms with van der Waals surface area (Å²) in [7, 11) is 0. The van der Waals surface area contributed by atoms with Gasteiger partial charge in [-0.3, -0.25) is 4.79 Å². The number of pyridine rings is 1. The zero-order valence-corrected chi connectivity index (χ0v) is 24.6. The van der Waals surface area contributed by atoms with Crippen molar-refractivity contribution >= 4 is 29.6 Å². The molecule has 1 aromatic carbocycles. The second-order valence-corrected chi connectivity index (χ2v) is 11.8. The highest BCUT2D eigenvalue weighted by Crippen LogP contribution is 2.39. The van der Waals surface area contributed by atoms with Gasteiger partial charge in [0, 0.05) is 56.6 Å². The van der Waals surface area contributed by atoms with Gasteiger partial charge in [0.15, 0.2) is 0 Å². The number of carbonyl (C=O) groups excluding carboxylic acids is 3. The minimum Gasteiger partial charge on any atom is -0.447 e. The standard InChI is InChI=1S/C30H41N5O5/c1-19(2)39-28(37)32-25-16-20(3)35(21(4)36)26-10-8-22(17-24(25)26)23-9-11-27(31-18-23)33-12-14-34(15-13-33)29(38)40-30(5,6)7/h8-11,17-20,25H,12-16H2,1-7H3,(H,32,37). The first-order valence-corrected chi connectivity index (χ1v) is 13.9. The van der Waals surface area contributed by atoms with E-state index in [2.05, 4.69) is 10.2 Å². The quantitative estimate of drug-likeness (QED) is 0.562. The van der Waals surface area contributed by atoms with E-state index in [0.29, 0.717) is 32.6 Å². The van der Waals surface area contributed by atoms with Crippen LogP contribution in [-0.4, -0.2) is 71.9 Å².